The lowest BCUT2D eigenvalue weighted by Crippen LogP contribution is -2.47. The molecule has 1 aromatic carbocycles. The highest BCUT2D eigenvalue weighted by Gasteiger charge is 2.36. The van der Waals surface area contributed by atoms with E-state index >= 15 is 0 Å². The molecule has 0 aliphatic rings. The first-order valence-corrected chi connectivity index (χ1v) is 7.13. The first kappa shape index (κ1) is 17.7. The van der Waals surface area contributed by atoms with Crippen LogP contribution in [0.4, 0.5) is 11.4 Å². The Labute approximate surface area is 130 Å². The van der Waals surface area contributed by atoms with Crippen molar-refractivity contribution in [2.24, 2.45) is 5.41 Å². The van der Waals surface area contributed by atoms with Crippen molar-refractivity contribution in [1.29, 1.82) is 0 Å². The van der Waals surface area contributed by atoms with Crippen LogP contribution in [-0.2, 0) is 14.4 Å². The fraction of sp³-hybridized carbons (Fsp3) is 0.438. The van der Waals surface area contributed by atoms with Crippen LogP contribution in [0.3, 0.4) is 0 Å². The summed E-state index contributed by atoms with van der Waals surface area (Å²) in [6, 6.07) is 6.72. The summed E-state index contributed by atoms with van der Waals surface area (Å²) in [7, 11) is 0. The molecular formula is C16H23N3O3. The quantitative estimate of drug-likeness (QED) is 0.728. The van der Waals surface area contributed by atoms with Crippen LogP contribution in [0.5, 0.6) is 0 Å². The largest absolute Gasteiger partial charge is 0.353 e. The molecule has 0 atom stereocenters. The smallest absolute Gasteiger partial charge is 0.239 e. The molecule has 6 heteroatoms. The van der Waals surface area contributed by atoms with Gasteiger partial charge in [0.2, 0.25) is 17.7 Å². The van der Waals surface area contributed by atoms with Gasteiger partial charge in [-0.25, -0.2) is 0 Å². The molecule has 1 aromatic rings. The van der Waals surface area contributed by atoms with Crippen LogP contribution in [-0.4, -0.2) is 23.8 Å². The second-order valence-electron chi connectivity index (χ2n) is 5.97. The summed E-state index contributed by atoms with van der Waals surface area (Å²) in [6.45, 7) is 8.21. The number of amides is 3. The van der Waals surface area contributed by atoms with Gasteiger partial charge in [0.1, 0.15) is 5.41 Å². The molecular weight excluding hydrogens is 282 g/mol. The minimum Gasteiger partial charge on any atom is -0.353 e. The molecule has 1 rings (SSSR count). The van der Waals surface area contributed by atoms with Crippen molar-refractivity contribution in [3.8, 4) is 0 Å². The van der Waals surface area contributed by atoms with Crippen LogP contribution in [0.25, 0.3) is 0 Å². The van der Waals surface area contributed by atoms with Crippen molar-refractivity contribution in [3.63, 3.8) is 0 Å². The van der Waals surface area contributed by atoms with Crippen LogP contribution in [0, 0.1) is 5.41 Å². The van der Waals surface area contributed by atoms with E-state index in [0.29, 0.717) is 11.4 Å². The molecule has 0 unspecified atom stereocenters. The highest BCUT2D eigenvalue weighted by molar-refractivity contribution is 6.10. The fourth-order valence-electron chi connectivity index (χ4n) is 1.71. The molecule has 0 bridgehead atoms. The van der Waals surface area contributed by atoms with Gasteiger partial charge in [-0.15, -0.1) is 0 Å². The molecule has 6 nitrogen and oxygen atoms in total. The van der Waals surface area contributed by atoms with Crippen molar-refractivity contribution < 1.29 is 14.4 Å². The average Bonchev–Trinajstić information content (AvgIpc) is 2.37. The molecule has 3 amide bonds. The zero-order valence-corrected chi connectivity index (χ0v) is 13.6. The minimum atomic E-state index is -1.20. The van der Waals surface area contributed by atoms with E-state index in [0.717, 1.165) is 0 Å². The third-order valence-electron chi connectivity index (χ3n) is 3.00. The summed E-state index contributed by atoms with van der Waals surface area (Å²) >= 11 is 0. The number of hydrogen-bond donors (Lipinski definition) is 3. The predicted octanol–water partition coefficient (Wildman–Crippen LogP) is 2.13. The number of nitrogens with one attached hydrogen (secondary N) is 3. The number of carbonyl (C=O) groups excluding carboxylic acids is 3. The second-order valence-corrected chi connectivity index (χ2v) is 5.97. The van der Waals surface area contributed by atoms with Crippen LogP contribution < -0.4 is 16.0 Å². The zero-order valence-electron chi connectivity index (χ0n) is 13.6. The Balaban J connectivity index is 2.83. The Morgan fingerprint density at radius 3 is 2.05 bits per heavy atom. The van der Waals surface area contributed by atoms with Crippen molar-refractivity contribution in [2.75, 3.05) is 10.6 Å². The van der Waals surface area contributed by atoms with Gasteiger partial charge in [0, 0.05) is 24.3 Å². The standard InChI is InChI=1S/C16H23N3O3/c1-10(2)17-14(21)16(4,5)15(22)19-13-8-6-7-12(9-13)18-11(3)20/h6-10H,1-5H3,(H,17,21)(H,18,20)(H,19,22). The predicted molar refractivity (Wildman–Crippen MR) is 86.4 cm³/mol. The maximum Gasteiger partial charge on any atom is 0.239 e. The topological polar surface area (TPSA) is 87.3 Å². The van der Waals surface area contributed by atoms with Gasteiger partial charge >= 0.3 is 0 Å². The minimum absolute atomic E-state index is 0.0392. The molecule has 0 spiro atoms. The Morgan fingerprint density at radius 2 is 1.55 bits per heavy atom. The van der Waals surface area contributed by atoms with Gasteiger partial charge in [-0.05, 0) is 45.9 Å². The molecule has 120 valence electrons. The van der Waals surface area contributed by atoms with Crippen molar-refractivity contribution in [3.05, 3.63) is 24.3 Å². The van der Waals surface area contributed by atoms with Crippen molar-refractivity contribution >= 4 is 29.1 Å². The summed E-state index contributed by atoms with van der Waals surface area (Å²) in [5.41, 5.74) is -0.106. The number of hydrogen-bond acceptors (Lipinski definition) is 3. The van der Waals surface area contributed by atoms with E-state index in [1.807, 2.05) is 13.8 Å². The van der Waals surface area contributed by atoms with E-state index in [-0.39, 0.29) is 17.9 Å². The Bertz CT molecular complexity index is 580. The number of anilines is 2. The SMILES string of the molecule is CC(=O)Nc1cccc(NC(=O)C(C)(C)C(=O)NC(C)C)c1. The van der Waals surface area contributed by atoms with Gasteiger partial charge in [-0.1, -0.05) is 6.07 Å². The number of rotatable bonds is 5. The normalized spacial score (nSPS) is 11.0. The lowest BCUT2D eigenvalue weighted by molar-refractivity contribution is -0.138. The van der Waals surface area contributed by atoms with Gasteiger partial charge < -0.3 is 16.0 Å². The first-order valence-electron chi connectivity index (χ1n) is 7.13. The fourth-order valence-corrected chi connectivity index (χ4v) is 1.71. The maximum absolute atomic E-state index is 12.3. The van der Waals surface area contributed by atoms with Crippen LogP contribution in [0.15, 0.2) is 24.3 Å². The molecule has 0 saturated heterocycles. The van der Waals surface area contributed by atoms with E-state index in [1.165, 1.54) is 6.92 Å². The third-order valence-corrected chi connectivity index (χ3v) is 3.00. The van der Waals surface area contributed by atoms with Gasteiger partial charge in [0.15, 0.2) is 0 Å². The average molecular weight is 305 g/mol. The molecule has 0 aliphatic heterocycles. The molecule has 0 saturated carbocycles. The summed E-state index contributed by atoms with van der Waals surface area (Å²) < 4.78 is 0. The van der Waals surface area contributed by atoms with E-state index in [1.54, 1.807) is 38.1 Å². The highest BCUT2D eigenvalue weighted by Crippen LogP contribution is 2.21. The molecule has 0 radical (unpaired) electrons. The van der Waals surface area contributed by atoms with Crippen LogP contribution >= 0.6 is 0 Å². The number of carbonyl (C=O) groups is 3. The van der Waals surface area contributed by atoms with Gasteiger partial charge in [-0.3, -0.25) is 14.4 Å². The van der Waals surface area contributed by atoms with Gasteiger partial charge in [-0.2, -0.15) is 0 Å². The molecule has 0 aromatic heterocycles. The Kier molecular flexibility index (Phi) is 5.68. The third kappa shape index (κ3) is 4.87. The number of benzene rings is 1. The second kappa shape index (κ2) is 7.06. The van der Waals surface area contributed by atoms with Crippen LogP contribution in [0.1, 0.15) is 34.6 Å². The summed E-state index contributed by atoms with van der Waals surface area (Å²) in [6.07, 6.45) is 0. The van der Waals surface area contributed by atoms with Crippen molar-refractivity contribution in [2.45, 2.75) is 40.7 Å². The first-order chi connectivity index (χ1) is 10.1. The van der Waals surface area contributed by atoms with Gasteiger partial charge in [0.05, 0.1) is 0 Å². The monoisotopic (exact) mass is 305 g/mol. The van der Waals surface area contributed by atoms with E-state index in [9.17, 15) is 14.4 Å². The lowest BCUT2D eigenvalue weighted by atomic mass is 9.90. The van der Waals surface area contributed by atoms with Crippen LogP contribution in [0.2, 0.25) is 0 Å². The Hall–Kier alpha value is -2.37. The summed E-state index contributed by atoms with van der Waals surface area (Å²) in [5.74, 6) is -0.941. The summed E-state index contributed by atoms with van der Waals surface area (Å²) in [4.78, 5) is 35.5. The zero-order chi connectivity index (χ0) is 16.9. The lowest BCUT2D eigenvalue weighted by Gasteiger charge is -2.24. The Morgan fingerprint density at radius 1 is 1.00 bits per heavy atom. The van der Waals surface area contributed by atoms with E-state index < -0.39 is 11.3 Å². The van der Waals surface area contributed by atoms with E-state index in [2.05, 4.69) is 16.0 Å². The molecule has 0 aliphatic carbocycles. The molecule has 0 heterocycles. The maximum atomic E-state index is 12.3. The van der Waals surface area contributed by atoms with Gasteiger partial charge in [0.25, 0.3) is 0 Å². The molecule has 3 N–H and O–H groups in total. The molecule has 0 fully saturated rings. The molecule has 22 heavy (non-hydrogen) atoms. The van der Waals surface area contributed by atoms with E-state index in [4.69, 9.17) is 0 Å². The highest BCUT2D eigenvalue weighted by atomic mass is 16.2. The summed E-state index contributed by atoms with van der Waals surface area (Å²) in [5, 5.41) is 8.07. The van der Waals surface area contributed by atoms with Crippen molar-refractivity contribution in [1.82, 2.24) is 5.32 Å².